The maximum atomic E-state index is 12.7. The van der Waals surface area contributed by atoms with Crippen molar-refractivity contribution in [3.63, 3.8) is 0 Å². The van der Waals surface area contributed by atoms with E-state index in [1.54, 1.807) is 13.0 Å². The second-order valence-electron chi connectivity index (χ2n) is 7.78. The lowest BCUT2D eigenvalue weighted by molar-refractivity contribution is -0.129. The molecule has 7 heteroatoms. The summed E-state index contributed by atoms with van der Waals surface area (Å²) < 4.78 is 8.05. The average Bonchev–Trinajstić information content (AvgIpc) is 3.11. The molecule has 4 rings (SSSR count). The lowest BCUT2D eigenvalue weighted by Gasteiger charge is -2.24. The van der Waals surface area contributed by atoms with Crippen LogP contribution in [0, 0.1) is 13.8 Å². The Hall–Kier alpha value is -3.87. The van der Waals surface area contributed by atoms with Gasteiger partial charge in [-0.15, -0.1) is 0 Å². The molecule has 4 amide bonds. The van der Waals surface area contributed by atoms with Crippen LogP contribution in [0.1, 0.15) is 23.6 Å². The molecule has 1 aliphatic heterocycles. The topological polar surface area (TPSA) is 80.6 Å². The summed E-state index contributed by atoms with van der Waals surface area (Å²) in [4.78, 5) is 37.9. The first-order chi connectivity index (χ1) is 15.4. The number of fused-ring (bicyclic) bond motifs is 1. The van der Waals surface area contributed by atoms with Crippen molar-refractivity contribution >= 4 is 34.8 Å². The van der Waals surface area contributed by atoms with Crippen molar-refractivity contribution in [3.05, 3.63) is 70.9 Å². The number of likely N-dealkylation sites (N-methyl/N-ethyl adjacent to an activating group) is 1. The summed E-state index contributed by atoms with van der Waals surface area (Å²) in [6.45, 7) is 6.98. The van der Waals surface area contributed by atoms with Gasteiger partial charge in [-0.25, -0.2) is 4.79 Å². The number of benzene rings is 2. The van der Waals surface area contributed by atoms with Crippen LogP contribution in [-0.2, 0) is 16.1 Å². The van der Waals surface area contributed by atoms with Gasteiger partial charge in [0.15, 0.2) is 0 Å². The number of ether oxygens (including phenoxy) is 1. The Balaban J connectivity index is 1.62. The van der Waals surface area contributed by atoms with Crippen LogP contribution in [0.15, 0.2) is 54.2 Å². The number of para-hydroxylation sites is 1. The van der Waals surface area contributed by atoms with E-state index in [-0.39, 0.29) is 12.1 Å². The van der Waals surface area contributed by atoms with Crippen molar-refractivity contribution in [1.29, 1.82) is 0 Å². The molecule has 1 fully saturated rings. The molecule has 0 spiro atoms. The van der Waals surface area contributed by atoms with Gasteiger partial charge in [-0.1, -0.05) is 30.3 Å². The highest BCUT2D eigenvalue weighted by Gasteiger charge is 2.34. The molecule has 32 heavy (non-hydrogen) atoms. The predicted molar refractivity (Wildman–Crippen MR) is 122 cm³/mol. The normalized spacial score (nSPS) is 15.5. The van der Waals surface area contributed by atoms with E-state index < -0.39 is 17.8 Å². The summed E-state index contributed by atoms with van der Waals surface area (Å²) in [6.07, 6.45) is 3.45. The van der Waals surface area contributed by atoms with Crippen LogP contribution >= 0.6 is 0 Å². The number of imide groups is 2. The number of aromatic nitrogens is 1. The van der Waals surface area contributed by atoms with Crippen molar-refractivity contribution < 1.29 is 19.1 Å². The van der Waals surface area contributed by atoms with Crippen LogP contribution in [0.5, 0.6) is 5.75 Å². The van der Waals surface area contributed by atoms with Gasteiger partial charge in [0.2, 0.25) is 0 Å². The molecule has 1 aromatic heterocycles. The molecule has 1 N–H and O–H groups in total. The van der Waals surface area contributed by atoms with E-state index in [0.717, 1.165) is 38.2 Å². The van der Waals surface area contributed by atoms with Crippen LogP contribution in [0.25, 0.3) is 17.0 Å². The Morgan fingerprint density at radius 1 is 1.06 bits per heavy atom. The van der Waals surface area contributed by atoms with Gasteiger partial charge in [-0.3, -0.25) is 19.8 Å². The summed E-state index contributed by atoms with van der Waals surface area (Å²) >= 11 is 0. The predicted octanol–water partition coefficient (Wildman–Crippen LogP) is 3.82. The number of hydrogen-bond donors (Lipinski definition) is 1. The molecule has 0 aliphatic carbocycles. The van der Waals surface area contributed by atoms with Crippen molar-refractivity contribution in [1.82, 2.24) is 14.8 Å². The molecule has 3 aromatic rings. The second kappa shape index (κ2) is 8.70. The summed E-state index contributed by atoms with van der Waals surface area (Å²) in [6, 6.07) is 13.2. The van der Waals surface area contributed by atoms with Crippen molar-refractivity contribution in [3.8, 4) is 5.75 Å². The maximum absolute atomic E-state index is 12.7. The first-order valence-electron chi connectivity index (χ1n) is 10.6. The lowest BCUT2D eigenvalue weighted by atomic mass is 10.1. The van der Waals surface area contributed by atoms with E-state index in [9.17, 15) is 14.4 Å². The third kappa shape index (κ3) is 4.01. The minimum Gasteiger partial charge on any atom is -0.491 e. The first kappa shape index (κ1) is 21.4. The Morgan fingerprint density at radius 2 is 1.84 bits per heavy atom. The summed E-state index contributed by atoms with van der Waals surface area (Å²) in [5.74, 6) is -0.409. The van der Waals surface area contributed by atoms with Crippen molar-refractivity contribution in [2.45, 2.75) is 27.3 Å². The van der Waals surface area contributed by atoms with Gasteiger partial charge in [0, 0.05) is 29.2 Å². The molecule has 164 valence electrons. The zero-order valence-corrected chi connectivity index (χ0v) is 18.3. The quantitative estimate of drug-likeness (QED) is 0.475. The molecule has 1 saturated heterocycles. The Bertz CT molecular complexity index is 1260. The molecule has 2 heterocycles. The van der Waals surface area contributed by atoms with E-state index in [2.05, 4.69) is 11.4 Å². The Labute approximate surface area is 186 Å². The molecule has 0 bridgehead atoms. The number of hydrogen-bond acceptors (Lipinski definition) is 4. The number of carbonyl (C=O) groups excluding carboxylic acids is 3. The largest absolute Gasteiger partial charge is 0.491 e. The summed E-state index contributed by atoms with van der Waals surface area (Å²) in [5.41, 5.74) is 3.87. The van der Waals surface area contributed by atoms with E-state index in [1.807, 2.05) is 61.0 Å². The number of carbonyl (C=O) groups is 3. The van der Waals surface area contributed by atoms with Crippen LogP contribution in [0.3, 0.4) is 0 Å². The fraction of sp³-hybridized carbons (Fsp3) is 0.240. The molecule has 0 unspecified atom stereocenters. The first-order valence-corrected chi connectivity index (χ1v) is 10.6. The smallest absolute Gasteiger partial charge is 0.331 e. The minimum absolute atomic E-state index is 0.0546. The Morgan fingerprint density at radius 3 is 2.62 bits per heavy atom. The number of urea groups is 1. The minimum atomic E-state index is -0.689. The fourth-order valence-corrected chi connectivity index (χ4v) is 3.83. The fourth-order valence-electron chi connectivity index (χ4n) is 3.83. The number of aryl methyl sites for hydroxylation is 2. The number of amides is 4. The molecule has 0 atom stereocenters. The van der Waals surface area contributed by atoms with Gasteiger partial charge < -0.3 is 9.30 Å². The van der Waals surface area contributed by atoms with E-state index >= 15 is 0 Å². The SMILES string of the molecule is CCN1C(=O)NC(=O)/C(=C\c2cn(CCOc3cc(C)ccc3C)c3ccccc23)C1=O. The second-order valence-corrected chi connectivity index (χ2v) is 7.78. The molecule has 7 nitrogen and oxygen atoms in total. The van der Waals surface area contributed by atoms with E-state index in [0.29, 0.717) is 13.2 Å². The van der Waals surface area contributed by atoms with Crippen LogP contribution in [0.2, 0.25) is 0 Å². The summed E-state index contributed by atoms with van der Waals surface area (Å²) in [7, 11) is 0. The molecule has 2 aromatic carbocycles. The average molecular weight is 431 g/mol. The maximum Gasteiger partial charge on any atom is 0.331 e. The number of barbiturate groups is 1. The molecular weight excluding hydrogens is 406 g/mol. The highest BCUT2D eigenvalue weighted by Crippen LogP contribution is 2.25. The zero-order valence-electron chi connectivity index (χ0n) is 18.3. The third-order valence-electron chi connectivity index (χ3n) is 5.55. The highest BCUT2D eigenvalue weighted by molar-refractivity contribution is 6.31. The highest BCUT2D eigenvalue weighted by atomic mass is 16.5. The van der Waals surface area contributed by atoms with Gasteiger partial charge in [-0.05, 0) is 50.1 Å². The Kier molecular flexibility index (Phi) is 5.81. The van der Waals surface area contributed by atoms with E-state index in [4.69, 9.17) is 4.74 Å². The molecular formula is C25H25N3O4. The number of nitrogens with one attached hydrogen (secondary N) is 1. The third-order valence-corrected chi connectivity index (χ3v) is 5.55. The van der Waals surface area contributed by atoms with Gasteiger partial charge in [0.25, 0.3) is 11.8 Å². The number of rotatable bonds is 6. The van der Waals surface area contributed by atoms with Crippen molar-refractivity contribution in [2.75, 3.05) is 13.2 Å². The van der Waals surface area contributed by atoms with Gasteiger partial charge in [-0.2, -0.15) is 0 Å². The van der Waals surface area contributed by atoms with Gasteiger partial charge in [0.05, 0.1) is 6.54 Å². The van der Waals surface area contributed by atoms with Gasteiger partial charge >= 0.3 is 6.03 Å². The van der Waals surface area contributed by atoms with Crippen molar-refractivity contribution in [2.24, 2.45) is 0 Å². The van der Waals surface area contributed by atoms with Crippen LogP contribution < -0.4 is 10.1 Å². The summed E-state index contributed by atoms with van der Waals surface area (Å²) in [5, 5.41) is 3.14. The lowest BCUT2D eigenvalue weighted by Crippen LogP contribution is -2.53. The monoisotopic (exact) mass is 431 g/mol. The zero-order chi connectivity index (χ0) is 22.8. The number of nitrogens with zero attached hydrogens (tertiary/aromatic N) is 2. The van der Waals surface area contributed by atoms with Crippen LogP contribution in [0.4, 0.5) is 4.79 Å². The molecule has 0 radical (unpaired) electrons. The van der Waals surface area contributed by atoms with Gasteiger partial charge in [0.1, 0.15) is 17.9 Å². The van der Waals surface area contributed by atoms with E-state index in [1.165, 1.54) is 0 Å². The standard InChI is InChI=1S/C25H25N3O4/c1-4-28-24(30)20(23(29)26-25(28)31)14-18-15-27(21-8-6-5-7-19(18)21)11-12-32-22-13-16(2)9-10-17(22)3/h5-10,13-15H,4,11-12H2,1-3H3,(H,26,29,31)/b20-14+. The molecule has 0 saturated carbocycles. The molecule has 1 aliphatic rings. The van der Waals surface area contributed by atoms with Crippen LogP contribution in [-0.4, -0.2) is 40.5 Å².